The van der Waals surface area contributed by atoms with Gasteiger partial charge in [0, 0.05) is 42.0 Å². The van der Waals surface area contributed by atoms with Crippen LogP contribution < -0.4 is 20.0 Å². The number of amidine groups is 1. The largest absolute Gasteiger partial charge is 0.483 e. The number of carbonyl (C=O) groups excluding carboxylic acids is 1. The van der Waals surface area contributed by atoms with Gasteiger partial charge in [-0.25, -0.2) is 9.82 Å². The van der Waals surface area contributed by atoms with E-state index in [1.165, 1.54) is 6.07 Å². The second kappa shape index (κ2) is 7.78. The first-order chi connectivity index (χ1) is 15.3. The van der Waals surface area contributed by atoms with Crippen LogP contribution in [-0.4, -0.2) is 61.5 Å². The molecule has 3 aliphatic heterocycles. The van der Waals surface area contributed by atoms with Gasteiger partial charge in [0.1, 0.15) is 24.2 Å². The molecular formula is C24H28FN5O2. The number of nitrogens with zero attached hydrogens (tertiary/aromatic N) is 4. The van der Waals surface area contributed by atoms with Crippen molar-refractivity contribution >= 4 is 23.1 Å². The molecule has 2 aromatic rings. The van der Waals surface area contributed by atoms with E-state index in [0.717, 1.165) is 30.0 Å². The monoisotopic (exact) mass is 437 g/mol. The quantitative estimate of drug-likeness (QED) is 0.783. The summed E-state index contributed by atoms with van der Waals surface area (Å²) in [5.74, 6) is 0.853. The maximum Gasteiger partial charge on any atom is 0.262 e. The fraction of sp³-hybridized carbons (Fsp3) is 0.417. The van der Waals surface area contributed by atoms with E-state index >= 15 is 0 Å². The lowest BCUT2D eigenvalue weighted by molar-refractivity contribution is -0.122. The lowest BCUT2D eigenvalue weighted by Gasteiger charge is -2.45. The zero-order chi connectivity index (χ0) is 22.6. The van der Waals surface area contributed by atoms with Crippen molar-refractivity contribution in [2.75, 3.05) is 36.5 Å². The van der Waals surface area contributed by atoms with Gasteiger partial charge in [0.25, 0.3) is 5.91 Å². The summed E-state index contributed by atoms with van der Waals surface area (Å²) in [7, 11) is 2.13. The third kappa shape index (κ3) is 3.30. The van der Waals surface area contributed by atoms with Crippen LogP contribution in [0.5, 0.6) is 5.75 Å². The Bertz CT molecular complexity index is 1100. The summed E-state index contributed by atoms with van der Waals surface area (Å²) < 4.78 is 20.9. The maximum atomic E-state index is 14.9. The second-order valence-corrected chi connectivity index (χ2v) is 8.95. The molecule has 1 fully saturated rings. The highest BCUT2D eigenvalue weighted by molar-refractivity contribution is 6.10. The molecule has 1 N–H and O–H groups in total. The van der Waals surface area contributed by atoms with Gasteiger partial charge in [-0.1, -0.05) is 18.2 Å². The molecule has 32 heavy (non-hydrogen) atoms. The average molecular weight is 438 g/mol. The Hall–Kier alpha value is -3.13. The third-order valence-electron chi connectivity index (χ3n) is 6.80. The van der Waals surface area contributed by atoms with E-state index in [2.05, 4.69) is 41.2 Å². The van der Waals surface area contributed by atoms with Crippen molar-refractivity contribution in [3.05, 3.63) is 42.2 Å². The Balaban J connectivity index is 1.70. The number of hydrazone groups is 1. The number of hydrogen-bond acceptors (Lipinski definition) is 6. The number of likely N-dealkylation sites (N-methyl/N-ethyl adjacent to an activating group) is 1. The molecule has 0 aliphatic carbocycles. The van der Waals surface area contributed by atoms with Crippen LogP contribution in [0.3, 0.4) is 0 Å². The van der Waals surface area contributed by atoms with Crippen LogP contribution in [0.1, 0.15) is 20.8 Å². The molecule has 168 valence electrons. The van der Waals surface area contributed by atoms with E-state index in [1.807, 2.05) is 30.0 Å². The summed E-state index contributed by atoms with van der Waals surface area (Å²) in [6.07, 6.45) is 0. The van der Waals surface area contributed by atoms with E-state index < -0.39 is 6.04 Å². The fourth-order valence-electron chi connectivity index (χ4n) is 4.83. The van der Waals surface area contributed by atoms with Crippen molar-refractivity contribution in [2.45, 2.75) is 38.9 Å². The Morgan fingerprint density at radius 1 is 1.06 bits per heavy atom. The van der Waals surface area contributed by atoms with Crippen molar-refractivity contribution in [1.82, 2.24) is 10.3 Å². The van der Waals surface area contributed by atoms with Gasteiger partial charge in [-0.05, 0) is 46.0 Å². The lowest BCUT2D eigenvalue weighted by atomic mass is 9.97. The number of hydrogen-bond donors (Lipinski definition) is 1. The molecule has 3 aliphatic rings. The number of halogens is 1. The van der Waals surface area contributed by atoms with Gasteiger partial charge >= 0.3 is 0 Å². The minimum absolute atomic E-state index is 0.164. The fourth-order valence-corrected chi connectivity index (χ4v) is 4.83. The molecule has 1 amide bonds. The van der Waals surface area contributed by atoms with Gasteiger partial charge in [-0.2, -0.15) is 5.10 Å². The smallest absolute Gasteiger partial charge is 0.262 e. The first-order valence-corrected chi connectivity index (χ1v) is 11.0. The summed E-state index contributed by atoms with van der Waals surface area (Å²) in [6, 6.07) is 11.0. The number of rotatable bonds is 2. The minimum atomic E-state index is -0.416. The summed E-state index contributed by atoms with van der Waals surface area (Å²) in [5, 5.41) is 4.19. The molecule has 8 heteroatoms. The third-order valence-corrected chi connectivity index (χ3v) is 6.80. The SMILES string of the molecule is CC1C(=O)NN=C2COc3cc(-c4ccccc4F)c(N4C[C@H](C)N(C)C[C@H]4C)cc3N21. The Labute approximate surface area is 187 Å². The normalized spacial score (nSPS) is 25.5. The van der Waals surface area contributed by atoms with E-state index in [0.29, 0.717) is 23.2 Å². The Kier molecular flexibility index (Phi) is 5.04. The maximum absolute atomic E-state index is 14.9. The van der Waals surface area contributed by atoms with Gasteiger partial charge < -0.3 is 14.5 Å². The average Bonchev–Trinajstić information content (AvgIpc) is 2.78. The number of nitrogens with one attached hydrogen (secondary N) is 1. The molecular weight excluding hydrogens is 409 g/mol. The number of benzene rings is 2. The van der Waals surface area contributed by atoms with Crippen molar-refractivity contribution in [3.8, 4) is 16.9 Å². The van der Waals surface area contributed by atoms with Crippen LogP contribution in [0, 0.1) is 5.82 Å². The summed E-state index contributed by atoms with van der Waals surface area (Å²) in [4.78, 5) is 19.0. The Morgan fingerprint density at radius 2 is 1.84 bits per heavy atom. The first kappa shape index (κ1) is 20.8. The molecule has 3 heterocycles. The molecule has 1 saturated heterocycles. The summed E-state index contributed by atoms with van der Waals surface area (Å²) >= 11 is 0. The van der Waals surface area contributed by atoms with Crippen LogP contribution in [0.15, 0.2) is 41.5 Å². The number of fused-ring (bicyclic) bond motifs is 3. The molecule has 5 rings (SSSR count). The van der Waals surface area contributed by atoms with Crippen LogP contribution in [0.2, 0.25) is 0 Å². The van der Waals surface area contributed by atoms with Gasteiger partial charge in [0.15, 0.2) is 5.84 Å². The number of anilines is 2. The van der Waals surface area contributed by atoms with Crippen LogP contribution in [-0.2, 0) is 4.79 Å². The Morgan fingerprint density at radius 3 is 2.62 bits per heavy atom. The van der Waals surface area contributed by atoms with Crippen LogP contribution >= 0.6 is 0 Å². The molecule has 0 bridgehead atoms. The minimum Gasteiger partial charge on any atom is -0.483 e. The van der Waals surface area contributed by atoms with Crippen molar-refractivity contribution in [3.63, 3.8) is 0 Å². The standard InChI is InChI=1S/C24H28FN5O2/c1-14-12-29(15(2)11-28(14)4)20-10-21-22(9-18(20)17-7-5-6-8-19(17)25)32-13-23-26-27-24(31)16(3)30(21)23/h5-10,14-16H,11-13H2,1-4H3,(H,27,31)/t14-,15+,16?/m0/s1. The predicted molar refractivity (Wildman–Crippen MR) is 124 cm³/mol. The highest BCUT2D eigenvalue weighted by Crippen LogP contribution is 2.45. The van der Waals surface area contributed by atoms with Crippen molar-refractivity contribution < 1.29 is 13.9 Å². The van der Waals surface area contributed by atoms with E-state index in [1.54, 1.807) is 12.1 Å². The van der Waals surface area contributed by atoms with Gasteiger partial charge in [0.2, 0.25) is 0 Å². The van der Waals surface area contributed by atoms with E-state index in [4.69, 9.17) is 4.74 Å². The second-order valence-electron chi connectivity index (χ2n) is 8.95. The van der Waals surface area contributed by atoms with Crippen LogP contribution in [0.25, 0.3) is 11.1 Å². The number of piperazine rings is 1. The summed E-state index contributed by atoms with van der Waals surface area (Å²) in [6.45, 7) is 8.20. The first-order valence-electron chi connectivity index (χ1n) is 11.0. The molecule has 0 aromatic heterocycles. The zero-order valence-electron chi connectivity index (χ0n) is 18.8. The molecule has 1 unspecified atom stereocenters. The molecule has 0 spiro atoms. The number of carbonyl (C=O) groups is 1. The summed E-state index contributed by atoms with van der Waals surface area (Å²) in [5.41, 5.74) is 5.61. The topological polar surface area (TPSA) is 60.4 Å². The van der Waals surface area contributed by atoms with E-state index in [9.17, 15) is 9.18 Å². The molecule has 2 aromatic carbocycles. The molecule has 3 atom stereocenters. The van der Waals surface area contributed by atoms with Gasteiger partial charge in [0.05, 0.1) is 5.69 Å². The van der Waals surface area contributed by atoms with Crippen molar-refractivity contribution in [2.24, 2.45) is 5.10 Å². The predicted octanol–water partition coefficient (Wildman–Crippen LogP) is 3.05. The molecule has 0 saturated carbocycles. The molecule has 0 radical (unpaired) electrons. The number of amides is 1. The highest BCUT2D eigenvalue weighted by atomic mass is 19.1. The van der Waals surface area contributed by atoms with Crippen molar-refractivity contribution in [1.29, 1.82) is 0 Å². The lowest BCUT2D eigenvalue weighted by Crippen LogP contribution is -2.56. The van der Waals surface area contributed by atoms with Gasteiger partial charge in [-0.3, -0.25) is 9.69 Å². The van der Waals surface area contributed by atoms with E-state index in [-0.39, 0.29) is 24.4 Å². The number of ether oxygens (including phenoxy) is 1. The van der Waals surface area contributed by atoms with Gasteiger partial charge in [-0.15, -0.1) is 0 Å². The highest BCUT2D eigenvalue weighted by Gasteiger charge is 2.37. The zero-order valence-corrected chi connectivity index (χ0v) is 18.8. The van der Waals surface area contributed by atoms with Crippen LogP contribution in [0.4, 0.5) is 15.8 Å². The molecule has 7 nitrogen and oxygen atoms in total.